The number of nitrogens with one attached hydrogen (secondary N) is 1. The van der Waals surface area contributed by atoms with Gasteiger partial charge in [0, 0.05) is 12.2 Å². The van der Waals surface area contributed by atoms with Crippen molar-refractivity contribution in [2.45, 2.75) is 59.0 Å². The monoisotopic (exact) mass is 261 g/mol. The minimum absolute atomic E-state index is 0.387. The molecule has 1 aromatic carbocycles. The van der Waals surface area contributed by atoms with E-state index in [9.17, 15) is 0 Å². The SMILES string of the molecule is CC(C)(C)CCNc1ccc(OC2CCCC2)cc1. The zero-order valence-corrected chi connectivity index (χ0v) is 12.5. The highest BCUT2D eigenvalue weighted by Gasteiger charge is 2.16. The van der Waals surface area contributed by atoms with Gasteiger partial charge in [0.2, 0.25) is 0 Å². The summed E-state index contributed by atoms with van der Waals surface area (Å²) in [5.41, 5.74) is 1.57. The number of hydrogen-bond acceptors (Lipinski definition) is 2. The van der Waals surface area contributed by atoms with Crippen LogP contribution < -0.4 is 10.1 Å². The maximum atomic E-state index is 5.96. The molecule has 1 aromatic rings. The predicted molar refractivity (Wildman–Crippen MR) is 81.9 cm³/mol. The molecule has 0 spiro atoms. The Morgan fingerprint density at radius 1 is 1.11 bits per heavy atom. The summed E-state index contributed by atoms with van der Waals surface area (Å²) in [6, 6.07) is 8.40. The molecule has 0 aliphatic heterocycles. The molecule has 1 aliphatic rings. The van der Waals surface area contributed by atoms with Crippen LogP contribution in [0, 0.1) is 5.41 Å². The Labute approximate surface area is 117 Å². The molecule has 1 fully saturated rings. The van der Waals surface area contributed by atoms with Gasteiger partial charge in [-0.2, -0.15) is 0 Å². The van der Waals surface area contributed by atoms with E-state index in [-0.39, 0.29) is 0 Å². The lowest BCUT2D eigenvalue weighted by Crippen LogP contribution is -2.13. The van der Waals surface area contributed by atoms with Crippen molar-refractivity contribution in [3.05, 3.63) is 24.3 Å². The third-order valence-electron chi connectivity index (χ3n) is 3.66. The number of ether oxygens (including phenoxy) is 1. The second-order valence-corrected chi connectivity index (χ2v) is 6.79. The minimum Gasteiger partial charge on any atom is -0.490 e. The average Bonchev–Trinajstić information content (AvgIpc) is 2.83. The van der Waals surface area contributed by atoms with E-state index >= 15 is 0 Å². The highest BCUT2D eigenvalue weighted by Crippen LogP contribution is 2.25. The van der Waals surface area contributed by atoms with Gasteiger partial charge in [0.1, 0.15) is 5.75 Å². The quantitative estimate of drug-likeness (QED) is 0.817. The molecular weight excluding hydrogens is 234 g/mol. The summed E-state index contributed by atoms with van der Waals surface area (Å²) in [6.07, 6.45) is 6.68. The number of rotatable bonds is 5. The third-order valence-corrected chi connectivity index (χ3v) is 3.66. The molecule has 1 N–H and O–H groups in total. The Hall–Kier alpha value is -1.18. The van der Waals surface area contributed by atoms with Gasteiger partial charge in [-0.1, -0.05) is 20.8 Å². The molecule has 2 rings (SSSR count). The van der Waals surface area contributed by atoms with Crippen LogP contribution >= 0.6 is 0 Å². The topological polar surface area (TPSA) is 21.3 Å². The van der Waals surface area contributed by atoms with Crippen LogP contribution in [0.5, 0.6) is 5.75 Å². The van der Waals surface area contributed by atoms with E-state index in [4.69, 9.17) is 4.74 Å². The maximum absolute atomic E-state index is 5.96. The van der Waals surface area contributed by atoms with Crippen molar-refractivity contribution >= 4 is 5.69 Å². The summed E-state index contributed by atoms with van der Waals surface area (Å²) in [6.45, 7) is 7.83. The number of hydrogen-bond donors (Lipinski definition) is 1. The molecule has 2 heteroatoms. The van der Waals surface area contributed by atoms with E-state index in [0.717, 1.165) is 12.3 Å². The first-order valence-corrected chi connectivity index (χ1v) is 7.53. The van der Waals surface area contributed by atoms with Gasteiger partial charge in [0.15, 0.2) is 0 Å². The molecule has 1 aliphatic carbocycles. The van der Waals surface area contributed by atoms with Crippen LogP contribution in [0.3, 0.4) is 0 Å². The van der Waals surface area contributed by atoms with Crippen molar-refractivity contribution in [2.24, 2.45) is 5.41 Å². The highest BCUT2D eigenvalue weighted by molar-refractivity contribution is 5.46. The fourth-order valence-electron chi connectivity index (χ4n) is 2.43. The lowest BCUT2D eigenvalue weighted by atomic mass is 9.92. The zero-order chi connectivity index (χ0) is 13.7. The molecule has 0 radical (unpaired) electrons. The first-order chi connectivity index (χ1) is 9.03. The van der Waals surface area contributed by atoms with Gasteiger partial charge in [-0.15, -0.1) is 0 Å². The molecule has 2 nitrogen and oxygen atoms in total. The second-order valence-electron chi connectivity index (χ2n) is 6.79. The van der Waals surface area contributed by atoms with Crippen LogP contribution in [0.2, 0.25) is 0 Å². The molecule has 0 saturated heterocycles. The molecule has 106 valence electrons. The first-order valence-electron chi connectivity index (χ1n) is 7.53. The van der Waals surface area contributed by atoms with Gasteiger partial charge in [-0.25, -0.2) is 0 Å². The van der Waals surface area contributed by atoms with Crippen LogP contribution in [0.15, 0.2) is 24.3 Å². The molecule has 0 bridgehead atoms. The summed E-state index contributed by atoms with van der Waals surface area (Å²) in [5.74, 6) is 1.01. The molecule has 0 aromatic heterocycles. The fourth-order valence-corrected chi connectivity index (χ4v) is 2.43. The van der Waals surface area contributed by atoms with Crippen molar-refractivity contribution in [1.82, 2.24) is 0 Å². The van der Waals surface area contributed by atoms with Crippen molar-refractivity contribution in [3.63, 3.8) is 0 Å². The van der Waals surface area contributed by atoms with E-state index < -0.39 is 0 Å². The van der Waals surface area contributed by atoms with Gasteiger partial charge in [0.25, 0.3) is 0 Å². The standard InChI is InChI=1S/C17H27NO/c1-17(2,3)12-13-18-14-8-10-16(11-9-14)19-15-6-4-5-7-15/h8-11,15,18H,4-7,12-13H2,1-3H3. The van der Waals surface area contributed by atoms with Gasteiger partial charge < -0.3 is 10.1 Å². The van der Waals surface area contributed by atoms with E-state index in [2.05, 4.69) is 50.4 Å². The van der Waals surface area contributed by atoms with E-state index in [1.165, 1.54) is 37.8 Å². The van der Waals surface area contributed by atoms with Gasteiger partial charge in [-0.05, 0) is 61.8 Å². The average molecular weight is 261 g/mol. The molecule has 0 heterocycles. The predicted octanol–water partition coefficient (Wildman–Crippen LogP) is 4.86. The van der Waals surface area contributed by atoms with Crippen molar-refractivity contribution in [3.8, 4) is 5.75 Å². The summed E-state index contributed by atoms with van der Waals surface area (Å²) in [7, 11) is 0. The van der Waals surface area contributed by atoms with E-state index in [1.807, 2.05) is 0 Å². The van der Waals surface area contributed by atoms with E-state index in [1.54, 1.807) is 0 Å². The van der Waals surface area contributed by atoms with Crippen LogP contribution in [-0.4, -0.2) is 12.6 Å². The van der Waals surface area contributed by atoms with Crippen LogP contribution in [0.1, 0.15) is 52.9 Å². The van der Waals surface area contributed by atoms with Crippen molar-refractivity contribution < 1.29 is 4.74 Å². The Bertz CT molecular complexity index is 371. The zero-order valence-electron chi connectivity index (χ0n) is 12.5. The second kappa shape index (κ2) is 6.31. The molecule has 0 atom stereocenters. The summed E-state index contributed by atoms with van der Waals surface area (Å²) in [5, 5.41) is 3.47. The van der Waals surface area contributed by atoms with Crippen LogP contribution in [0.25, 0.3) is 0 Å². The summed E-state index contributed by atoms with van der Waals surface area (Å²) >= 11 is 0. The summed E-state index contributed by atoms with van der Waals surface area (Å²) < 4.78 is 5.96. The molecule has 19 heavy (non-hydrogen) atoms. The van der Waals surface area contributed by atoms with Gasteiger partial charge >= 0.3 is 0 Å². The highest BCUT2D eigenvalue weighted by atomic mass is 16.5. The Morgan fingerprint density at radius 2 is 1.74 bits per heavy atom. The minimum atomic E-state index is 0.387. The number of benzene rings is 1. The van der Waals surface area contributed by atoms with Gasteiger partial charge in [-0.3, -0.25) is 0 Å². The third kappa shape index (κ3) is 5.14. The fraction of sp³-hybridized carbons (Fsp3) is 0.647. The lowest BCUT2D eigenvalue weighted by Gasteiger charge is -2.19. The van der Waals surface area contributed by atoms with Crippen LogP contribution in [-0.2, 0) is 0 Å². The first kappa shape index (κ1) is 14.2. The molecule has 0 amide bonds. The lowest BCUT2D eigenvalue weighted by molar-refractivity contribution is 0.210. The molecular formula is C17H27NO. The maximum Gasteiger partial charge on any atom is 0.119 e. The Balaban J connectivity index is 1.77. The van der Waals surface area contributed by atoms with E-state index in [0.29, 0.717) is 11.5 Å². The number of anilines is 1. The van der Waals surface area contributed by atoms with Crippen molar-refractivity contribution in [1.29, 1.82) is 0 Å². The normalized spacial score (nSPS) is 16.6. The largest absolute Gasteiger partial charge is 0.490 e. The van der Waals surface area contributed by atoms with Crippen molar-refractivity contribution in [2.75, 3.05) is 11.9 Å². The van der Waals surface area contributed by atoms with Crippen LogP contribution in [0.4, 0.5) is 5.69 Å². The summed E-state index contributed by atoms with van der Waals surface area (Å²) in [4.78, 5) is 0. The Kier molecular flexibility index (Phi) is 4.73. The molecule has 0 unspecified atom stereocenters. The van der Waals surface area contributed by atoms with Gasteiger partial charge in [0.05, 0.1) is 6.10 Å². The molecule has 1 saturated carbocycles. The Morgan fingerprint density at radius 3 is 2.32 bits per heavy atom. The smallest absolute Gasteiger partial charge is 0.119 e.